The van der Waals surface area contributed by atoms with Crippen molar-refractivity contribution in [1.82, 2.24) is 9.97 Å². The maximum absolute atomic E-state index is 4.72. The van der Waals surface area contributed by atoms with Gasteiger partial charge in [-0.2, -0.15) is 0 Å². The Hall–Kier alpha value is -4.44. The number of allylic oxidation sites excluding steroid dienone is 4. The molecule has 4 nitrogen and oxygen atoms in total. The number of aliphatic imine (C=N–C) groups is 2. The molecule has 0 saturated carbocycles. The van der Waals surface area contributed by atoms with Crippen molar-refractivity contribution in [3.05, 3.63) is 167 Å². The van der Waals surface area contributed by atoms with Crippen LogP contribution in [0.3, 0.4) is 0 Å². The van der Waals surface area contributed by atoms with Gasteiger partial charge in [-0.1, -0.05) is 97.1 Å². The van der Waals surface area contributed by atoms with Crippen LogP contribution in [0.5, 0.6) is 0 Å². The van der Waals surface area contributed by atoms with Crippen molar-refractivity contribution in [1.29, 1.82) is 0 Å². The number of benzene rings is 2. The first kappa shape index (κ1) is 42.6. The van der Waals surface area contributed by atoms with Gasteiger partial charge in [-0.15, -0.1) is 0 Å². The van der Waals surface area contributed by atoms with Gasteiger partial charge in [0, 0.05) is 29.5 Å². The molecule has 4 aromatic rings. The van der Waals surface area contributed by atoms with Crippen molar-refractivity contribution in [3.63, 3.8) is 0 Å². The standard InChI is InChI=1S/2C16H18N2.2C5H8.Fe/c2*1-11-9-12(2)16(13(3)10-11)18-14(4)15-7-5-6-8-17-15;2*1-4-5(2)3;/h2*5-10H,1-4H3;2*4H,1-2H2,3H3;. The largest absolute Gasteiger partial charge is 0.255 e. The predicted molar refractivity (Wildman–Crippen MR) is 204 cm³/mol. The fourth-order valence-corrected chi connectivity index (χ4v) is 4.30. The molecule has 47 heavy (non-hydrogen) atoms. The van der Waals surface area contributed by atoms with E-state index >= 15 is 0 Å². The molecule has 0 unspecified atom stereocenters. The summed E-state index contributed by atoms with van der Waals surface area (Å²) in [6, 6.07) is 20.4. The Kier molecular flexibility index (Phi) is 20.1. The molecule has 0 saturated heterocycles. The van der Waals surface area contributed by atoms with Gasteiger partial charge >= 0.3 is 0 Å². The monoisotopic (exact) mass is 668 g/mol. The van der Waals surface area contributed by atoms with E-state index in [1.54, 1.807) is 24.5 Å². The molecule has 0 spiro atoms. The summed E-state index contributed by atoms with van der Waals surface area (Å²) in [5, 5.41) is 0. The van der Waals surface area contributed by atoms with Gasteiger partial charge in [-0.3, -0.25) is 20.0 Å². The van der Waals surface area contributed by atoms with Gasteiger partial charge in [0.15, 0.2) is 0 Å². The van der Waals surface area contributed by atoms with Crippen LogP contribution in [-0.4, -0.2) is 21.4 Å². The third-order valence-corrected chi connectivity index (χ3v) is 6.60. The summed E-state index contributed by atoms with van der Waals surface area (Å²) in [5.74, 6) is 0. The normalized spacial score (nSPS) is 10.3. The summed E-state index contributed by atoms with van der Waals surface area (Å²) in [4.78, 5) is 18.1. The van der Waals surface area contributed by atoms with E-state index in [4.69, 9.17) is 9.98 Å². The van der Waals surface area contributed by atoms with E-state index in [1.165, 1.54) is 33.4 Å². The maximum atomic E-state index is 4.72. The molecule has 0 amide bonds. The van der Waals surface area contributed by atoms with Crippen molar-refractivity contribution >= 4 is 22.8 Å². The van der Waals surface area contributed by atoms with Crippen molar-refractivity contribution < 1.29 is 17.1 Å². The molecule has 0 aliphatic carbocycles. The van der Waals surface area contributed by atoms with Gasteiger partial charge in [0.05, 0.1) is 34.2 Å². The molecule has 2 aromatic carbocycles. The molecule has 2 aromatic heterocycles. The minimum absolute atomic E-state index is 0. The summed E-state index contributed by atoms with van der Waals surface area (Å²) < 4.78 is 0. The average Bonchev–Trinajstić information content (AvgIpc) is 3.02. The summed E-state index contributed by atoms with van der Waals surface area (Å²) in [5.41, 5.74) is 15.3. The molecular formula is C42H52FeN4. The van der Waals surface area contributed by atoms with Gasteiger partial charge < -0.3 is 0 Å². The minimum atomic E-state index is 0. The van der Waals surface area contributed by atoms with Crippen molar-refractivity contribution in [3.8, 4) is 0 Å². The Morgan fingerprint density at radius 1 is 0.553 bits per heavy atom. The van der Waals surface area contributed by atoms with Crippen LogP contribution in [0.4, 0.5) is 11.4 Å². The Morgan fingerprint density at radius 2 is 0.830 bits per heavy atom. The van der Waals surface area contributed by atoms with Crippen LogP contribution in [0.2, 0.25) is 0 Å². The zero-order valence-electron chi connectivity index (χ0n) is 30.1. The Labute approximate surface area is 295 Å². The molecule has 5 heteroatoms. The third-order valence-electron chi connectivity index (χ3n) is 6.60. The topological polar surface area (TPSA) is 50.5 Å². The molecule has 0 atom stereocenters. The zero-order chi connectivity index (χ0) is 34.8. The molecule has 0 aliphatic heterocycles. The summed E-state index contributed by atoms with van der Waals surface area (Å²) in [7, 11) is 0. The van der Waals surface area contributed by atoms with Crippen LogP contribution in [0, 0.1) is 41.5 Å². The van der Waals surface area contributed by atoms with E-state index in [0.29, 0.717) is 0 Å². The summed E-state index contributed by atoms with van der Waals surface area (Å²) in [6.45, 7) is 34.5. The Morgan fingerprint density at radius 3 is 1.04 bits per heavy atom. The molecule has 0 N–H and O–H groups in total. The second kappa shape index (κ2) is 22.1. The maximum Gasteiger partial charge on any atom is 0.0841 e. The fourth-order valence-electron chi connectivity index (χ4n) is 4.30. The van der Waals surface area contributed by atoms with Crippen LogP contribution in [0.1, 0.15) is 72.5 Å². The molecule has 2 heterocycles. The molecule has 0 bridgehead atoms. The first-order valence-electron chi connectivity index (χ1n) is 15.3. The third kappa shape index (κ3) is 16.1. The number of nitrogens with zero attached hydrogens (tertiary/aromatic N) is 4. The van der Waals surface area contributed by atoms with Crippen molar-refractivity contribution in [2.24, 2.45) is 9.98 Å². The number of hydrogen-bond acceptors (Lipinski definition) is 4. The Balaban J connectivity index is 0.000000690. The first-order valence-corrected chi connectivity index (χ1v) is 15.3. The summed E-state index contributed by atoms with van der Waals surface area (Å²) >= 11 is 0. The Bertz CT molecular complexity index is 1510. The molecular weight excluding hydrogens is 616 g/mol. The molecule has 0 aliphatic rings. The molecule has 0 radical (unpaired) electrons. The number of rotatable bonds is 6. The van der Waals surface area contributed by atoms with Crippen molar-refractivity contribution in [2.75, 3.05) is 0 Å². The van der Waals surface area contributed by atoms with Crippen LogP contribution in [0.15, 0.2) is 133 Å². The quantitative estimate of drug-likeness (QED) is 0.117. The van der Waals surface area contributed by atoms with Crippen LogP contribution in [-0.2, 0) is 17.1 Å². The van der Waals surface area contributed by atoms with Gasteiger partial charge in [0.2, 0.25) is 0 Å². The molecule has 248 valence electrons. The number of aromatic nitrogens is 2. The van der Waals surface area contributed by atoms with Crippen LogP contribution < -0.4 is 0 Å². The van der Waals surface area contributed by atoms with E-state index < -0.39 is 0 Å². The first-order chi connectivity index (χ1) is 21.7. The molecule has 4 rings (SSSR count). The van der Waals surface area contributed by atoms with Crippen LogP contribution >= 0.6 is 0 Å². The minimum Gasteiger partial charge on any atom is -0.255 e. The van der Waals surface area contributed by atoms with Crippen molar-refractivity contribution in [2.45, 2.75) is 69.2 Å². The van der Waals surface area contributed by atoms with Gasteiger partial charge in [-0.25, -0.2) is 0 Å². The number of hydrogen-bond donors (Lipinski definition) is 0. The smallest absolute Gasteiger partial charge is 0.0841 e. The fraction of sp³-hybridized carbons (Fsp3) is 0.238. The number of aryl methyl sites for hydroxylation is 6. The van der Waals surface area contributed by atoms with E-state index in [-0.39, 0.29) is 17.1 Å². The SMILES string of the molecule is C=CC(=C)C.C=CC(=C)C.CC(=Nc1c(C)cc(C)cc1C)c1ccccn1.CC(=Nc1c(C)cc(C)cc1C)c1ccccn1.[Fe]. The summed E-state index contributed by atoms with van der Waals surface area (Å²) in [6.07, 6.45) is 7.03. The average molecular weight is 669 g/mol. The van der Waals surface area contributed by atoms with Crippen LogP contribution in [0.25, 0.3) is 0 Å². The van der Waals surface area contributed by atoms with Gasteiger partial charge in [0.1, 0.15) is 0 Å². The zero-order valence-corrected chi connectivity index (χ0v) is 31.2. The van der Waals surface area contributed by atoms with E-state index in [0.717, 1.165) is 45.3 Å². The van der Waals surface area contributed by atoms with E-state index in [9.17, 15) is 0 Å². The van der Waals surface area contributed by atoms with E-state index in [1.807, 2.05) is 64.1 Å². The van der Waals surface area contributed by atoms with Gasteiger partial charge in [0.25, 0.3) is 0 Å². The van der Waals surface area contributed by atoms with E-state index in [2.05, 4.69) is 102 Å². The second-order valence-corrected chi connectivity index (χ2v) is 11.4. The predicted octanol–water partition coefficient (Wildman–Crippen LogP) is 11.8. The number of pyridine rings is 2. The second-order valence-electron chi connectivity index (χ2n) is 11.4. The van der Waals surface area contributed by atoms with Gasteiger partial charge in [-0.05, 0) is 116 Å². The molecule has 0 fully saturated rings.